The summed E-state index contributed by atoms with van der Waals surface area (Å²) >= 11 is 1.37. The highest BCUT2D eigenvalue weighted by Gasteiger charge is 2.21. The molecule has 2 heterocycles. The fraction of sp³-hybridized carbons (Fsp3) is 0.304. The zero-order valence-electron chi connectivity index (χ0n) is 18.2. The highest BCUT2D eigenvalue weighted by Crippen LogP contribution is 2.21. The second-order valence-electron chi connectivity index (χ2n) is 7.55. The molecule has 0 atom stereocenters. The number of rotatable bonds is 7. The monoisotopic (exact) mass is 437 g/mol. The Bertz CT molecular complexity index is 1030. The maximum Gasteiger partial charge on any atom is 0.322 e. The molecule has 0 aliphatic rings. The molecule has 2 aromatic heterocycles. The van der Waals surface area contributed by atoms with Crippen LogP contribution in [0, 0.1) is 13.8 Å². The van der Waals surface area contributed by atoms with E-state index >= 15 is 0 Å². The van der Waals surface area contributed by atoms with E-state index in [4.69, 9.17) is 0 Å². The Balaban J connectivity index is 1.64. The number of carbonyl (C=O) groups excluding carboxylic acids is 2. The van der Waals surface area contributed by atoms with Gasteiger partial charge in [0.05, 0.1) is 18.8 Å². The van der Waals surface area contributed by atoms with Gasteiger partial charge < -0.3 is 15.5 Å². The van der Waals surface area contributed by atoms with Gasteiger partial charge in [-0.3, -0.25) is 9.78 Å². The molecule has 3 rings (SSSR count). The molecule has 0 saturated carbocycles. The number of amides is 3. The quantitative estimate of drug-likeness (QED) is 0.569. The Kier molecular flexibility index (Phi) is 7.36. The number of urea groups is 1. The molecule has 162 valence electrons. The Hall–Kier alpha value is -3.26. The zero-order chi connectivity index (χ0) is 22.4. The first kappa shape index (κ1) is 22.4. The first-order valence-electron chi connectivity index (χ1n) is 10.1. The lowest BCUT2D eigenvalue weighted by molar-refractivity contribution is 0.0946. The Morgan fingerprint density at radius 1 is 1.10 bits per heavy atom. The molecule has 1 aromatic carbocycles. The van der Waals surface area contributed by atoms with Crippen LogP contribution < -0.4 is 10.6 Å². The SMILES string of the molecule is Cc1cccc(C)c1NC(=O)N(Cc1nc(C(=O)NCc2ccccn2)cs1)C(C)C. The van der Waals surface area contributed by atoms with Gasteiger partial charge >= 0.3 is 6.03 Å². The molecule has 0 bridgehead atoms. The maximum absolute atomic E-state index is 13.0. The van der Waals surface area contributed by atoms with Crippen LogP contribution in [0.25, 0.3) is 0 Å². The summed E-state index contributed by atoms with van der Waals surface area (Å²) < 4.78 is 0. The molecule has 7 nitrogen and oxygen atoms in total. The number of aromatic nitrogens is 2. The van der Waals surface area contributed by atoms with Crippen LogP contribution in [0.3, 0.4) is 0 Å². The smallest absolute Gasteiger partial charge is 0.322 e. The molecule has 2 N–H and O–H groups in total. The summed E-state index contributed by atoms with van der Waals surface area (Å²) in [4.78, 5) is 35.7. The average molecular weight is 438 g/mol. The molecule has 0 fully saturated rings. The second kappa shape index (κ2) is 10.2. The topological polar surface area (TPSA) is 87.2 Å². The first-order chi connectivity index (χ1) is 14.8. The molecule has 8 heteroatoms. The normalized spacial score (nSPS) is 10.7. The van der Waals surface area contributed by atoms with Crippen LogP contribution in [-0.2, 0) is 13.1 Å². The summed E-state index contributed by atoms with van der Waals surface area (Å²) in [7, 11) is 0. The molecule has 3 amide bonds. The molecular formula is C23H27N5O2S. The number of hydrogen-bond donors (Lipinski definition) is 2. The fourth-order valence-corrected chi connectivity index (χ4v) is 3.85. The maximum atomic E-state index is 13.0. The minimum Gasteiger partial charge on any atom is -0.345 e. The van der Waals surface area contributed by atoms with Crippen molar-refractivity contribution in [3.63, 3.8) is 0 Å². The molecule has 0 aliphatic heterocycles. The highest BCUT2D eigenvalue weighted by atomic mass is 32.1. The number of benzene rings is 1. The summed E-state index contributed by atoms with van der Waals surface area (Å²) in [5.74, 6) is -0.260. The molecule has 0 saturated heterocycles. The summed E-state index contributed by atoms with van der Waals surface area (Å²) in [5, 5.41) is 8.26. The fourth-order valence-electron chi connectivity index (χ4n) is 3.08. The van der Waals surface area contributed by atoms with Crippen LogP contribution in [0.5, 0.6) is 0 Å². The zero-order valence-corrected chi connectivity index (χ0v) is 19.0. The van der Waals surface area contributed by atoms with E-state index in [0.717, 1.165) is 22.5 Å². The van der Waals surface area contributed by atoms with Gasteiger partial charge in [-0.1, -0.05) is 24.3 Å². The number of para-hydroxylation sites is 1. The minimum absolute atomic E-state index is 0.0327. The molecule has 0 aliphatic carbocycles. The molecule has 0 spiro atoms. The summed E-state index contributed by atoms with van der Waals surface area (Å²) in [6.07, 6.45) is 1.69. The number of thiazole rings is 1. The average Bonchev–Trinajstić information content (AvgIpc) is 3.22. The molecule has 0 unspecified atom stereocenters. The third-order valence-corrected chi connectivity index (χ3v) is 5.68. The van der Waals surface area contributed by atoms with Crippen molar-refractivity contribution < 1.29 is 9.59 Å². The Morgan fingerprint density at radius 2 is 1.84 bits per heavy atom. The minimum atomic E-state index is -0.260. The van der Waals surface area contributed by atoms with Crippen molar-refractivity contribution >= 4 is 29.0 Å². The van der Waals surface area contributed by atoms with Crippen molar-refractivity contribution in [3.05, 3.63) is 75.5 Å². The van der Waals surface area contributed by atoms with E-state index in [2.05, 4.69) is 20.6 Å². The first-order valence-corrected chi connectivity index (χ1v) is 11.0. The number of anilines is 1. The number of hydrogen-bond acceptors (Lipinski definition) is 5. The van der Waals surface area contributed by atoms with Crippen LogP contribution in [0.1, 0.15) is 46.2 Å². The van der Waals surface area contributed by atoms with Crippen molar-refractivity contribution in [2.75, 3.05) is 5.32 Å². The Morgan fingerprint density at radius 3 is 2.48 bits per heavy atom. The lowest BCUT2D eigenvalue weighted by atomic mass is 10.1. The van der Waals surface area contributed by atoms with Crippen LogP contribution in [0.2, 0.25) is 0 Å². The van der Waals surface area contributed by atoms with Crippen molar-refractivity contribution in [2.45, 2.75) is 46.8 Å². The molecular weight excluding hydrogens is 410 g/mol. The van der Waals surface area contributed by atoms with Crippen LogP contribution in [0.15, 0.2) is 48.0 Å². The van der Waals surface area contributed by atoms with E-state index in [9.17, 15) is 9.59 Å². The van der Waals surface area contributed by atoms with E-state index in [0.29, 0.717) is 23.8 Å². The number of aryl methyl sites for hydroxylation is 2. The van der Waals surface area contributed by atoms with Gasteiger partial charge in [-0.25, -0.2) is 9.78 Å². The molecule has 3 aromatic rings. The highest BCUT2D eigenvalue weighted by molar-refractivity contribution is 7.09. The lowest BCUT2D eigenvalue weighted by Gasteiger charge is -2.27. The van der Waals surface area contributed by atoms with Gasteiger partial charge in [0.1, 0.15) is 10.7 Å². The number of carbonyl (C=O) groups is 2. The third-order valence-electron chi connectivity index (χ3n) is 4.84. The van der Waals surface area contributed by atoms with Crippen LogP contribution >= 0.6 is 11.3 Å². The molecule has 0 radical (unpaired) electrons. The van der Waals surface area contributed by atoms with Gasteiger partial charge in [0.15, 0.2) is 0 Å². The van der Waals surface area contributed by atoms with Gasteiger partial charge in [-0.05, 0) is 51.0 Å². The number of nitrogens with one attached hydrogen (secondary N) is 2. The van der Waals surface area contributed by atoms with Crippen molar-refractivity contribution in [1.82, 2.24) is 20.2 Å². The molecule has 31 heavy (non-hydrogen) atoms. The largest absolute Gasteiger partial charge is 0.345 e. The lowest BCUT2D eigenvalue weighted by Crippen LogP contribution is -2.39. The van der Waals surface area contributed by atoms with E-state index < -0.39 is 0 Å². The van der Waals surface area contributed by atoms with Crippen molar-refractivity contribution in [2.24, 2.45) is 0 Å². The Labute approximate surface area is 186 Å². The number of nitrogens with zero attached hydrogens (tertiary/aromatic N) is 3. The van der Waals surface area contributed by atoms with Crippen LogP contribution in [0.4, 0.5) is 10.5 Å². The standard InChI is InChI=1S/C23H27N5O2S/c1-15(2)28(23(30)27-21-16(3)8-7-9-17(21)4)13-20-26-19(14-31-20)22(29)25-12-18-10-5-6-11-24-18/h5-11,14-15H,12-13H2,1-4H3,(H,25,29)(H,27,30). The van der Waals surface area contributed by atoms with Gasteiger partial charge in [0, 0.05) is 23.3 Å². The van der Waals surface area contributed by atoms with Gasteiger partial charge in [0.2, 0.25) is 0 Å². The second-order valence-corrected chi connectivity index (χ2v) is 8.49. The van der Waals surface area contributed by atoms with Crippen molar-refractivity contribution in [1.29, 1.82) is 0 Å². The van der Waals surface area contributed by atoms with E-state index in [1.165, 1.54) is 11.3 Å². The van der Waals surface area contributed by atoms with Gasteiger partial charge in [-0.15, -0.1) is 11.3 Å². The van der Waals surface area contributed by atoms with E-state index in [-0.39, 0.29) is 18.0 Å². The van der Waals surface area contributed by atoms with E-state index in [1.54, 1.807) is 16.5 Å². The number of pyridine rings is 1. The van der Waals surface area contributed by atoms with Crippen LogP contribution in [-0.4, -0.2) is 32.8 Å². The predicted molar refractivity (Wildman–Crippen MR) is 123 cm³/mol. The summed E-state index contributed by atoms with van der Waals surface area (Å²) in [6, 6.07) is 11.2. The van der Waals surface area contributed by atoms with Gasteiger partial charge in [-0.2, -0.15) is 0 Å². The van der Waals surface area contributed by atoms with Crippen molar-refractivity contribution in [3.8, 4) is 0 Å². The third kappa shape index (κ3) is 5.88. The predicted octanol–water partition coefficient (Wildman–Crippen LogP) is 4.53. The van der Waals surface area contributed by atoms with Gasteiger partial charge in [0.25, 0.3) is 5.91 Å². The summed E-state index contributed by atoms with van der Waals surface area (Å²) in [5.41, 5.74) is 3.97. The van der Waals surface area contributed by atoms with E-state index in [1.807, 2.05) is 64.1 Å². The summed E-state index contributed by atoms with van der Waals surface area (Å²) in [6.45, 7) is 8.52.